The van der Waals surface area contributed by atoms with E-state index in [1.54, 1.807) is 53.9 Å². The highest BCUT2D eigenvalue weighted by molar-refractivity contribution is 7.22. The molecule has 2 aromatic carbocycles. The summed E-state index contributed by atoms with van der Waals surface area (Å²) in [7, 11) is 1.29. The van der Waals surface area contributed by atoms with Gasteiger partial charge in [-0.2, -0.15) is 0 Å². The number of thiazole rings is 1. The fourth-order valence-electron chi connectivity index (χ4n) is 4.91. The molecule has 10 heteroatoms. The van der Waals surface area contributed by atoms with Crippen LogP contribution in [0.1, 0.15) is 38.9 Å². The molecule has 1 fully saturated rings. The Bertz CT molecular complexity index is 1850. The zero-order valence-electron chi connectivity index (χ0n) is 21.2. The highest BCUT2D eigenvalue weighted by Crippen LogP contribution is 2.44. The Balaban J connectivity index is 1.59. The summed E-state index contributed by atoms with van der Waals surface area (Å²) in [6, 6.07) is 16.6. The van der Waals surface area contributed by atoms with Gasteiger partial charge in [0.05, 0.1) is 40.2 Å². The Labute approximate surface area is 226 Å². The molecule has 194 valence electrons. The number of ether oxygens (including phenoxy) is 1. The minimum atomic E-state index is -0.994. The predicted molar refractivity (Wildman–Crippen MR) is 147 cm³/mol. The van der Waals surface area contributed by atoms with Gasteiger partial charge in [0, 0.05) is 6.20 Å². The SMILES string of the molecule is COC(=O)c1ccc(C2/C(=C(\O)c3c(C)nc4ccccn34)C(=O)C(=O)N2c2nc3ccc(C)cc3s2)cc1. The molecule has 1 saturated heterocycles. The second-order valence-electron chi connectivity index (χ2n) is 9.22. The van der Waals surface area contributed by atoms with Crippen LogP contribution in [-0.2, 0) is 14.3 Å². The second kappa shape index (κ2) is 9.17. The van der Waals surface area contributed by atoms with Crippen LogP contribution in [0.3, 0.4) is 0 Å². The van der Waals surface area contributed by atoms with E-state index in [9.17, 15) is 19.5 Å². The number of hydrogen-bond donors (Lipinski definition) is 1. The average Bonchev–Trinajstić information content (AvgIpc) is 3.58. The summed E-state index contributed by atoms with van der Waals surface area (Å²) in [5.74, 6) is -2.50. The van der Waals surface area contributed by atoms with Crippen molar-refractivity contribution in [2.45, 2.75) is 19.9 Å². The number of hydrogen-bond acceptors (Lipinski definition) is 8. The van der Waals surface area contributed by atoms with E-state index >= 15 is 0 Å². The van der Waals surface area contributed by atoms with E-state index in [0.717, 1.165) is 10.3 Å². The summed E-state index contributed by atoms with van der Waals surface area (Å²) in [6.45, 7) is 3.69. The first-order valence-corrected chi connectivity index (χ1v) is 12.9. The summed E-state index contributed by atoms with van der Waals surface area (Å²) in [6.07, 6.45) is 1.73. The van der Waals surface area contributed by atoms with Crippen LogP contribution in [0.5, 0.6) is 0 Å². The Morgan fingerprint density at radius 3 is 2.54 bits per heavy atom. The number of fused-ring (bicyclic) bond motifs is 2. The molecule has 0 radical (unpaired) electrons. The van der Waals surface area contributed by atoms with Crippen molar-refractivity contribution in [1.29, 1.82) is 0 Å². The molecule has 9 nitrogen and oxygen atoms in total. The van der Waals surface area contributed by atoms with E-state index in [-0.39, 0.29) is 11.3 Å². The Kier molecular flexibility index (Phi) is 5.76. The summed E-state index contributed by atoms with van der Waals surface area (Å²) in [5, 5.41) is 12.0. The molecule has 1 amide bonds. The summed E-state index contributed by atoms with van der Waals surface area (Å²) in [4.78, 5) is 49.7. The zero-order valence-corrected chi connectivity index (χ0v) is 22.0. The molecular formula is C29H22N4O5S. The van der Waals surface area contributed by atoms with E-state index in [1.807, 2.05) is 31.2 Å². The van der Waals surface area contributed by atoms with Crippen molar-refractivity contribution in [3.8, 4) is 0 Å². The number of amides is 1. The molecule has 1 aliphatic heterocycles. The van der Waals surface area contributed by atoms with E-state index in [1.165, 1.54) is 23.3 Å². The fourth-order valence-corrected chi connectivity index (χ4v) is 6.00. The molecule has 0 spiro atoms. The molecule has 1 N–H and O–H groups in total. The van der Waals surface area contributed by atoms with Crippen molar-refractivity contribution >= 4 is 55.8 Å². The highest BCUT2D eigenvalue weighted by Gasteiger charge is 2.48. The number of rotatable bonds is 4. The molecule has 6 rings (SSSR count). The Morgan fingerprint density at radius 2 is 1.79 bits per heavy atom. The largest absolute Gasteiger partial charge is 0.505 e. The lowest BCUT2D eigenvalue weighted by atomic mass is 9.95. The number of imidazole rings is 1. The lowest BCUT2D eigenvalue weighted by molar-refractivity contribution is -0.132. The summed E-state index contributed by atoms with van der Waals surface area (Å²) < 4.78 is 7.35. The molecule has 39 heavy (non-hydrogen) atoms. The number of benzene rings is 2. The van der Waals surface area contributed by atoms with E-state index < -0.39 is 23.7 Å². The monoisotopic (exact) mass is 538 g/mol. The molecule has 1 unspecified atom stereocenters. The van der Waals surface area contributed by atoms with Crippen LogP contribution < -0.4 is 4.90 Å². The van der Waals surface area contributed by atoms with E-state index in [0.29, 0.717) is 38.8 Å². The minimum Gasteiger partial charge on any atom is -0.505 e. The molecular weight excluding hydrogens is 516 g/mol. The van der Waals surface area contributed by atoms with Crippen LogP contribution in [-0.4, -0.2) is 44.2 Å². The Morgan fingerprint density at radius 1 is 1.03 bits per heavy atom. The number of carbonyl (C=O) groups is 3. The minimum absolute atomic E-state index is 0.0880. The number of carbonyl (C=O) groups excluding carboxylic acids is 3. The molecule has 1 aliphatic rings. The van der Waals surface area contributed by atoms with Crippen LogP contribution in [0.2, 0.25) is 0 Å². The van der Waals surface area contributed by atoms with Gasteiger partial charge in [-0.25, -0.2) is 14.8 Å². The maximum absolute atomic E-state index is 13.6. The van der Waals surface area contributed by atoms with E-state index in [2.05, 4.69) is 9.97 Å². The number of anilines is 1. The number of aliphatic hydroxyl groups excluding tert-OH is 1. The number of esters is 1. The molecule has 0 aliphatic carbocycles. The fraction of sp³-hybridized carbons (Fsp3) is 0.138. The van der Waals surface area contributed by atoms with Crippen LogP contribution >= 0.6 is 11.3 Å². The van der Waals surface area contributed by atoms with Crippen LogP contribution in [0, 0.1) is 13.8 Å². The van der Waals surface area contributed by atoms with Gasteiger partial charge < -0.3 is 9.84 Å². The van der Waals surface area contributed by atoms with E-state index in [4.69, 9.17) is 4.74 Å². The molecule has 0 bridgehead atoms. The maximum atomic E-state index is 13.6. The first-order valence-electron chi connectivity index (χ1n) is 12.1. The number of nitrogens with zero attached hydrogens (tertiary/aromatic N) is 4. The zero-order chi connectivity index (χ0) is 27.4. The van der Waals surface area contributed by atoms with Crippen molar-refractivity contribution in [3.63, 3.8) is 0 Å². The molecule has 4 heterocycles. The van der Waals surface area contributed by atoms with Gasteiger partial charge in [0.25, 0.3) is 5.78 Å². The van der Waals surface area contributed by atoms with Crippen molar-refractivity contribution < 1.29 is 24.2 Å². The topological polar surface area (TPSA) is 114 Å². The van der Waals surface area contributed by atoms with Crippen molar-refractivity contribution in [1.82, 2.24) is 14.4 Å². The van der Waals surface area contributed by atoms with Crippen molar-refractivity contribution in [3.05, 3.63) is 101 Å². The number of pyridine rings is 1. The van der Waals surface area contributed by atoms with Crippen molar-refractivity contribution in [2.75, 3.05) is 12.0 Å². The number of aliphatic hydroxyl groups is 1. The average molecular weight is 539 g/mol. The number of aryl methyl sites for hydroxylation is 2. The highest BCUT2D eigenvalue weighted by atomic mass is 32.1. The van der Waals surface area contributed by atoms with Gasteiger partial charge in [0.2, 0.25) is 0 Å². The third kappa shape index (κ3) is 3.88. The molecule has 3 aromatic heterocycles. The second-order valence-corrected chi connectivity index (χ2v) is 10.2. The smallest absolute Gasteiger partial charge is 0.337 e. The maximum Gasteiger partial charge on any atom is 0.337 e. The van der Waals surface area contributed by atoms with Gasteiger partial charge in [-0.3, -0.25) is 18.9 Å². The van der Waals surface area contributed by atoms with Crippen molar-refractivity contribution in [2.24, 2.45) is 0 Å². The van der Waals surface area contributed by atoms with Crippen LogP contribution in [0.15, 0.2) is 72.4 Å². The van der Waals surface area contributed by atoms with Gasteiger partial charge >= 0.3 is 11.9 Å². The summed E-state index contributed by atoms with van der Waals surface area (Å²) >= 11 is 1.29. The predicted octanol–water partition coefficient (Wildman–Crippen LogP) is 4.97. The summed E-state index contributed by atoms with van der Waals surface area (Å²) in [5.41, 5.74) is 3.88. The molecule has 5 aromatic rings. The third-order valence-electron chi connectivity index (χ3n) is 6.76. The molecule has 1 atom stereocenters. The number of methoxy groups -OCH3 is 1. The number of Topliss-reactive ketones (excluding diaryl/α,β-unsaturated/α-hetero) is 1. The van der Waals surface area contributed by atoms with Crippen LogP contribution in [0.4, 0.5) is 5.13 Å². The first kappa shape index (κ1) is 24.5. The number of ketones is 1. The lowest BCUT2D eigenvalue weighted by Crippen LogP contribution is -2.29. The normalized spacial score (nSPS) is 16.9. The quantitative estimate of drug-likeness (QED) is 0.149. The number of aromatic nitrogens is 3. The standard InChI is InChI=1S/C29H22N4O5S/c1-15-7-12-19-20(14-15)39-29(31-19)33-24(17-8-10-18(11-9-17)28(37)38-3)22(26(35)27(33)36)25(34)23-16(2)30-21-6-4-5-13-32(21)23/h4-14,24,34H,1-3H3/b25-22+. The first-order chi connectivity index (χ1) is 18.8. The molecule has 0 saturated carbocycles. The van der Waals surface area contributed by atoms with Crippen LogP contribution in [0.25, 0.3) is 21.6 Å². The van der Waals surface area contributed by atoms with Gasteiger partial charge in [-0.15, -0.1) is 0 Å². The van der Waals surface area contributed by atoms with Gasteiger partial charge in [-0.1, -0.05) is 35.6 Å². The Hall–Kier alpha value is -4.83. The lowest BCUT2D eigenvalue weighted by Gasteiger charge is -2.23. The van der Waals surface area contributed by atoms with Gasteiger partial charge in [0.15, 0.2) is 10.9 Å². The third-order valence-corrected chi connectivity index (χ3v) is 7.78. The van der Waals surface area contributed by atoms with Gasteiger partial charge in [0.1, 0.15) is 11.3 Å². The van der Waals surface area contributed by atoms with Gasteiger partial charge in [-0.05, 0) is 61.4 Å².